The maximum atomic E-state index is 4.37. The SMILES string of the molecule is CNC(CCC(C)(C)C)Cc1ccccn1. The van der Waals surface area contributed by atoms with Crippen LogP contribution in [0.4, 0.5) is 0 Å². The Labute approximate surface area is 99.5 Å². The van der Waals surface area contributed by atoms with Gasteiger partial charge in [-0.25, -0.2) is 0 Å². The fourth-order valence-corrected chi connectivity index (χ4v) is 1.73. The van der Waals surface area contributed by atoms with Crippen molar-refractivity contribution in [1.82, 2.24) is 10.3 Å². The van der Waals surface area contributed by atoms with Gasteiger partial charge in [-0.3, -0.25) is 4.98 Å². The van der Waals surface area contributed by atoms with Crippen LogP contribution in [0, 0.1) is 5.41 Å². The van der Waals surface area contributed by atoms with E-state index in [1.807, 2.05) is 19.3 Å². The first-order valence-electron chi connectivity index (χ1n) is 6.08. The molecule has 2 nitrogen and oxygen atoms in total. The number of nitrogens with zero attached hydrogens (tertiary/aromatic N) is 1. The molecule has 0 bridgehead atoms. The highest BCUT2D eigenvalue weighted by molar-refractivity contribution is 5.05. The van der Waals surface area contributed by atoms with E-state index in [1.54, 1.807) is 0 Å². The zero-order valence-electron chi connectivity index (χ0n) is 11.0. The highest BCUT2D eigenvalue weighted by Gasteiger charge is 2.14. The van der Waals surface area contributed by atoms with Crippen molar-refractivity contribution in [2.24, 2.45) is 5.41 Å². The van der Waals surface area contributed by atoms with Crippen molar-refractivity contribution in [2.45, 2.75) is 46.1 Å². The highest BCUT2D eigenvalue weighted by atomic mass is 14.9. The molecule has 0 saturated heterocycles. The first kappa shape index (κ1) is 13.2. The van der Waals surface area contributed by atoms with E-state index in [0.29, 0.717) is 11.5 Å². The largest absolute Gasteiger partial charge is 0.317 e. The van der Waals surface area contributed by atoms with Gasteiger partial charge >= 0.3 is 0 Å². The molecule has 0 aliphatic carbocycles. The van der Waals surface area contributed by atoms with Crippen molar-refractivity contribution in [3.63, 3.8) is 0 Å². The van der Waals surface area contributed by atoms with Crippen LogP contribution in [-0.2, 0) is 6.42 Å². The van der Waals surface area contributed by atoms with Crippen LogP contribution in [0.5, 0.6) is 0 Å². The van der Waals surface area contributed by atoms with Gasteiger partial charge in [0.25, 0.3) is 0 Å². The number of hydrogen-bond donors (Lipinski definition) is 1. The molecule has 16 heavy (non-hydrogen) atoms. The lowest BCUT2D eigenvalue weighted by Gasteiger charge is -2.22. The predicted octanol–water partition coefficient (Wildman–Crippen LogP) is 3.04. The van der Waals surface area contributed by atoms with Crippen LogP contribution < -0.4 is 5.32 Å². The smallest absolute Gasteiger partial charge is 0.0419 e. The lowest BCUT2D eigenvalue weighted by Crippen LogP contribution is -2.29. The van der Waals surface area contributed by atoms with E-state index in [0.717, 1.165) is 6.42 Å². The summed E-state index contributed by atoms with van der Waals surface area (Å²) in [6.07, 6.45) is 5.33. The third-order valence-electron chi connectivity index (χ3n) is 2.83. The zero-order valence-corrected chi connectivity index (χ0v) is 11.0. The molecule has 90 valence electrons. The number of aromatic nitrogens is 1. The molecular formula is C14H24N2. The Morgan fingerprint density at radius 3 is 2.56 bits per heavy atom. The molecule has 0 aliphatic rings. The molecule has 2 heteroatoms. The number of pyridine rings is 1. The van der Waals surface area contributed by atoms with Crippen LogP contribution in [0.1, 0.15) is 39.3 Å². The van der Waals surface area contributed by atoms with Crippen LogP contribution in [0.25, 0.3) is 0 Å². The van der Waals surface area contributed by atoms with Gasteiger partial charge < -0.3 is 5.32 Å². The minimum Gasteiger partial charge on any atom is -0.317 e. The van der Waals surface area contributed by atoms with Crippen molar-refractivity contribution in [2.75, 3.05) is 7.05 Å². The molecule has 1 rings (SSSR count). The average molecular weight is 220 g/mol. The Kier molecular flexibility index (Phi) is 4.94. The summed E-state index contributed by atoms with van der Waals surface area (Å²) in [5, 5.41) is 3.38. The van der Waals surface area contributed by atoms with E-state index in [9.17, 15) is 0 Å². The monoisotopic (exact) mass is 220 g/mol. The molecule has 0 saturated carbocycles. The van der Waals surface area contributed by atoms with Gasteiger partial charge in [-0.2, -0.15) is 0 Å². The van der Waals surface area contributed by atoms with Crippen molar-refractivity contribution in [3.8, 4) is 0 Å². The first-order chi connectivity index (χ1) is 7.51. The topological polar surface area (TPSA) is 24.9 Å². The number of likely N-dealkylation sites (N-methyl/N-ethyl adjacent to an activating group) is 1. The van der Waals surface area contributed by atoms with Crippen LogP contribution in [0.3, 0.4) is 0 Å². The predicted molar refractivity (Wildman–Crippen MR) is 69.5 cm³/mol. The summed E-state index contributed by atoms with van der Waals surface area (Å²) in [7, 11) is 2.04. The molecule has 0 amide bonds. The summed E-state index contributed by atoms with van der Waals surface area (Å²) >= 11 is 0. The summed E-state index contributed by atoms with van der Waals surface area (Å²) < 4.78 is 0. The molecular weight excluding hydrogens is 196 g/mol. The summed E-state index contributed by atoms with van der Waals surface area (Å²) in [6.45, 7) is 6.88. The van der Waals surface area contributed by atoms with Crippen LogP contribution in [0.15, 0.2) is 24.4 Å². The molecule has 0 aliphatic heterocycles. The second kappa shape index (κ2) is 6.00. The van der Waals surface area contributed by atoms with Crippen LogP contribution >= 0.6 is 0 Å². The van der Waals surface area contributed by atoms with Crippen LogP contribution in [0.2, 0.25) is 0 Å². The van der Waals surface area contributed by atoms with Gasteiger partial charge in [0, 0.05) is 24.4 Å². The Hall–Kier alpha value is -0.890. The first-order valence-corrected chi connectivity index (χ1v) is 6.08. The van der Waals surface area contributed by atoms with Gasteiger partial charge in [0.05, 0.1) is 0 Å². The lowest BCUT2D eigenvalue weighted by molar-refractivity contribution is 0.334. The standard InChI is InChI=1S/C14H24N2/c1-14(2,3)9-8-12(15-4)11-13-7-5-6-10-16-13/h5-7,10,12,15H,8-9,11H2,1-4H3. The van der Waals surface area contributed by atoms with Crippen molar-refractivity contribution in [3.05, 3.63) is 30.1 Å². The molecule has 1 unspecified atom stereocenters. The molecule has 1 atom stereocenters. The van der Waals surface area contributed by atoms with Gasteiger partial charge in [-0.1, -0.05) is 26.8 Å². The third-order valence-corrected chi connectivity index (χ3v) is 2.83. The summed E-state index contributed by atoms with van der Waals surface area (Å²) in [5.74, 6) is 0. The highest BCUT2D eigenvalue weighted by Crippen LogP contribution is 2.22. The Morgan fingerprint density at radius 1 is 1.31 bits per heavy atom. The maximum Gasteiger partial charge on any atom is 0.0419 e. The normalized spacial score (nSPS) is 13.8. The Morgan fingerprint density at radius 2 is 2.06 bits per heavy atom. The van der Waals surface area contributed by atoms with E-state index in [-0.39, 0.29) is 0 Å². The fourth-order valence-electron chi connectivity index (χ4n) is 1.73. The van der Waals surface area contributed by atoms with Gasteiger partial charge in [-0.05, 0) is 37.4 Å². The van der Waals surface area contributed by atoms with Gasteiger partial charge in [0.15, 0.2) is 0 Å². The minimum atomic E-state index is 0.416. The number of nitrogens with one attached hydrogen (secondary N) is 1. The molecule has 1 N–H and O–H groups in total. The Bertz CT molecular complexity index is 287. The quantitative estimate of drug-likeness (QED) is 0.825. The molecule has 0 spiro atoms. The summed E-state index contributed by atoms with van der Waals surface area (Å²) in [4.78, 5) is 4.37. The lowest BCUT2D eigenvalue weighted by atomic mass is 9.88. The van der Waals surface area contributed by atoms with Crippen molar-refractivity contribution >= 4 is 0 Å². The van der Waals surface area contributed by atoms with E-state index in [4.69, 9.17) is 0 Å². The van der Waals surface area contributed by atoms with Gasteiger partial charge in [0.1, 0.15) is 0 Å². The van der Waals surface area contributed by atoms with Gasteiger partial charge in [-0.15, -0.1) is 0 Å². The maximum absolute atomic E-state index is 4.37. The van der Waals surface area contributed by atoms with E-state index in [2.05, 4.69) is 43.2 Å². The molecule has 0 fully saturated rings. The minimum absolute atomic E-state index is 0.416. The van der Waals surface area contributed by atoms with E-state index < -0.39 is 0 Å². The number of rotatable bonds is 5. The van der Waals surface area contributed by atoms with Gasteiger partial charge in [0.2, 0.25) is 0 Å². The third kappa shape index (κ3) is 5.26. The summed E-state index contributed by atoms with van der Waals surface area (Å²) in [6, 6.07) is 6.65. The molecule has 1 aromatic rings. The van der Waals surface area contributed by atoms with Crippen molar-refractivity contribution < 1.29 is 0 Å². The zero-order chi connectivity index (χ0) is 12.0. The van der Waals surface area contributed by atoms with Crippen molar-refractivity contribution in [1.29, 1.82) is 0 Å². The molecule has 1 aromatic heterocycles. The van der Waals surface area contributed by atoms with E-state index in [1.165, 1.54) is 18.5 Å². The second-order valence-electron chi connectivity index (χ2n) is 5.61. The van der Waals surface area contributed by atoms with Crippen LogP contribution in [-0.4, -0.2) is 18.1 Å². The fraction of sp³-hybridized carbons (Fsp3) is 0.643. The Balaban J connectivity index is 2.44. The molecule has 0 radical (unpaired) electrons. The average Bonchev–Trinajstić information content (AvgIpc) is 2.24. The summed E-state index contributed by atoms with van der Waals surface area (Å²) in [5.41, 5.74) is 1.59. The van der Waals surface area contributed by atoms with E-state index >= 15 is 0 Å². The second-order valence-corrected chi connectivity index (χ2v) is 5.61. The molecule has 1 heterocycles. The number of hydrogen-bond acceptors (Lipinski definition) is 2. The molecule has 0 aromatic carbocycles.